The highest BCUT2D eigenvalue weighted by atomic mass is 16.5. The van der Waals surface area contributed by atoms with Crippen molar-refractivity contribution in [3.8, 4) is 11.5 Å². The second-order valence-corrected chi connectivity index (χ2v) is 6.90. The summed E-state index contributed by atoms with van der Waals surface area (Å²) in [5.41, 5.74) is 0. The number of rotatable bonds is 3. The number of hydrogen-bond donors (Lipinski definition) is 0. The fraction of sp³-hybridized carbons (Fsp3) is 0.550. The zero-order chi connectivity index (χ0) is 17.6. The van der Waals surface area contributed by atoms with Crippen molar-refractivity contribution in [1.29, 1.82) is 0 Å². The molecule has 0 spiro atoms. The Kier molecular flexibility index (Phi) is 5.97. The summed E-state index contributed by atoms with van der Waals surface area (Å²) in [6.45, 7) is 1.29. The third-order valence-electron chi connectivity index (χ3n) is 5.54. The molecule has 0 N–H and O–H groups in total. The fourth-order valence-electron chi connectivity index (χ4n) is 4.12. The molecular formula is C20H29N3O2. The first kappa shape index (κ1) is 17.8. The zero-order valence-electron chi connectivity index (χ0n) is 15.5. The van der Waals surface area contributed by atoms with Crippen molar-refractivity contribution < 1.29 is 9.47 Å². The van der Waals surface area contributed by atoms with Crippen molar-refractivity contribution in [3.63, 3.8) is 0 Å². The molecule has 4 rings (SSSR count). The molecule has 25 heavy (non-hydrogen) atoms. The van der Waals surface area contributed by atoms with Crippen LogP contribution < -0.4 is 9.47 Å². The highest BCUT2D eigenvalue weighted by Crippen LogP contribution is 2.39. The highest BCUT2D eigenvalue weighted by Gasteiger charge is 2.37. The molecular weight excluding hydrogens is 314 g/mol. The molecule has 0 amide bonds. The summed E-state index contributed by atoms with van der Waals surface area (Å²) in [6.07, 6.45) is 9.41. The van der Waals surface area contributed by atoms with Gasteiger partial charge in [0.25, 0.3) is 0 Å². The molecule has 136 valence electrons. The standard InChI is InChI=1S/C12H19N3.C8H10O2/c1-14-8-5-10-3-4-11(9-12(10)14)15-7-2-6-13-15;1-9-7-5-3-4-6-8(7)10-2/h2,6-7,10-12H,3-5,8-9H2,1H3;3-6H,1-2H3. The van der Waals surface area contributed by atoms with Gasteiger partial charge in [-0.3, -0.25) is 4.68 Å². The number of methoxy groups -OCH3 is 2. The Morgan fingerprint density at radius 1 is 1.00 bits per heavy atom. The number of likely N-dealkylation sites (tertiary alicyclic amines) is 1. The molecule has 1 saturated heterocycles. The summed E-state index contributed by atoms with van der Waals surface area (Å²) in [6, 6.07) is 11.0. The summed E-state index contributed by atoms with van der Waals surface area (Å²) < 4.78 is 12.2. The third kappa shape index (κ3) is 4.15. The molecule has 3 unspecified atom stereocenters. The summed E-state index contributed by atoms with van der Waals surface area (Å²) in [4.78, 5) is 2.54. The summed E-state index contributed by atoms with van der Waals surface area (Å²) >= 11 is 0. The maximum Gasteiger partial charge on any atom is 0.160 e. The molecule has 1 aliphatic carbocycles. The zero-order valence-corrected chi connectivity index (χ0v) is 15.5. The predicted molar refractivity (Wildman–Crippen MR) is 99.2 cm³/mol. The van der Waals surface area contributed by atoms with Crippen molar-refractivity contribution in [2.75, 3.05) is 27.8 Å². The van der Waals surface area contributed by atoms with E-state index in [1.165, 1.54) is 32.2 Å². The van der Waals surface area contributed by atoms with Crippen LogP contribution in [0.1, 0.15) is 31.7 Å². The average molecular weight is 343 g/mol. The Balaban J connectivity index is 0.000000160. The van der Waals surface area contributed by atoms with Crippen LogP contribution in [0.5, 0.6) is 11.5 Å². The number of hydrogen-bond acceptors (Lipinski definition) is 4. The van der Waals surface area contributed by atoms with Crippen LogP contribution in [0.2, 0.25) is 0 Å². The van der Waals surface area contributed by atoms with E-state index >= 15 is 0 Å². The minimum atomic E-state index is 0.641. The van der Waals surface area contributed by atoms with Crippen molar-refractivity contribution in [1.82, 2.24) is 14.7 Å². The molecule has 5 heteroatoms. The molecule has 0 bridgehead atoms. The lowest BCUT2D eigenvalue weighted by atomic mass is 9.82. The minimum Gasteiger partial charge on any atom is -0.493 e. The van der Waals surface area contributed by atoms with Gasteiger partial charge in [0, 0.05) is 18.4 Å². The molecule has 2 heterocycles. The Morgan fingerprint density at radius 2 is 1.72 bits per heavy atom. The van der Waals surface area contributed by atoms with Gasteiger partial charge in [0.1, 0.15) is 0 Å². The number of nitrogens with zero attached hydrogens (tertiary/aromatic N) is 3. The molecule has 0 radical (unpaired) electrons. The first-order valence-electron chi connectivity index (χ1n) is 9.09. The van der Waals surface area contributed by atoms with Crippen molar-refractivity contribution in [2.24, 2.45) is 5.92 Å². The largest absolute Gasteiger partial charge is 0.493 e. The van der Waals surface area contributed by atoms with Crippen LogP contribution in [0, 0.1) is 5.92 Å². The Morgan fingerprint density at radius 3 is 2.32 bits per heavy atom. The highest BCUT2D eigenvalue weighted by molar-refractivity contribution is 5.39. The summed E-state index contributed by atoms with van der Waals surface area (Å²) in [7, 11) is 5.52. The predicted octanol–water partition coefficient (Wildman–Crippen LogP) is 3.63. The molecule has 1 aliphatic heterocycles. The third-order valence-corrected chi connectivity index (χ3v) is 5.54. The molecule has 1 aromatic heterocycles. The summed E-state index contributed by atoms with van der Waals surface area (Å²) in [5.74, 6) is 2.50. The van der Waals surface area contributed by atoms with E-state index in [-0.39, 0.29) is 0 Å². The van der Waals surface area contributed by atoms with Crippen molar-refractivity contribution in [2.45, 2.75) is 37.8 Å². The molecule has 2 aliphatic rings. The van der Waals surface area contributed by atoms with Gasteiger partial charge in [-0.25, -0.2) is 0 Å². The van der Waals surface area contributed by atoms with E-state index in [9.17, 15) is 0 Å². The lowest BCUT2D eigenvalue weighted by molar-refractivity contribution is 0.165. The molecule has 5 nitrogen and oxygen atoms in total. The van der Waals surface area contributed by atoms with Crippen molar-refractivity contribution >= 4 is 0 Å². The molecule has 1 saturated carbocycles. The normalized spacial score (nSPS) is 25.6. The van der Waals surface area contributed by atoms with Gasteiger partial charge in [-0.2, -0.15) is 5.10 Å². The van der Waals surface area contributed by atoms with Gasteiger partial charge in [0.05, 0.1) is 20.3 Å². The second kappa shape index (κ2) is 8.39. The second-order valence-electron chi connectivity index (χ2n) is 6.90. The first-order chi connectivity index (χ1) is 12.2. The topological polar surface area (TPSA) is 39.5 Å². The van der Waals surface area contributed by atoms with Gasteiger partial charge < -0.3 is 14.4 Å². The SMILES string of the molecule is CN1CCC2CCC(n3cccn3)CC21.COc1ccccc1OC. The van der Waals surface area contributed by atoms with Crippen LogP contribution in [-0.2, 0) is 0 Å². The van der Waals surface area contributed by atoms with E-state index in [1.54, 1.807) is 14.2 Å². The van der Waals surface area contributed by atoms with Gasteiger partial charge in [-0.15, -0.1) is 0 Å². The number of ether oxygens (including phenoxy) is 2. The number of aromatic nitrogens is 2. The number of para-hydroxylation sites is 2. The van der Waals surface area contributed by atoms with E-state index in [2.05, 4.69) is 27.9 Å². The van der Waals surface area contributed by atoms with E-state index in [1.807, 2.05) is 36.5 Å². The van der Waals surface area contributed by atoms with Gasteiger partial charge in [-0.1, -0.05) is 12.1 Å². The summed E-state index contributed by atoms with van der Waals surface area (Å²) in [5, 5.41) is 4.38. The van der Waals surface area contributed by atoms with Crippen LogP contribution in [0.15, 0.2) is 42.7 Å². The Hall–Kier alpha value is -2.01. The van der Waals surface area contributed by atoms with Gasteiger partial charge in [0.2, 0.25) is 0 Å². The lowest BCUT2D eigenvalue weighted by Gasteiger charge is -2.34. The maximum atomic E-state index is 5.01. The maximum absolute atomic E-state index is 5.01. The molecule has 1 aromatic carbocycles. The lowest BCUT2D eigenvalue weighted by Crippen LogP contribution is -2.35. The molecule has 2 fully saturated rings. The number of fused-ring (bicyclic) bond motifs is 1. The van der Waals surface area contributed by atoms with Crippen LogP contribution >= 0.6 is 0 Å². The van der Waals surface area contributed by atoms with E-state index in [0.717, 1.165) is 23.5 Å². The van der Waals surface area contributed by atoms with Gasteiger partial charge >= 0.3 is 0 Å². The monoisotopic (exact) mass is 343 g/mol. The van der Waals surface area contributed by atoms with Crippen molar-refractivity contribution in [3.05, 3.63) is 42.7 Å². The van der Waals surface area contributed by atoms with E-state index < -0.39 is 0 Å². The van der Waals surface area contributed by atoms with E-state index in [0.29, 0.717) is 6.04 Å². The number of benzene rings is 1. The van der Waals surface area contributed by atoms with E-state index in [4.69, 9.17) is 9.47 Å². The van der Waals surface area contributed by atoms with Crippen LogP contribution in [0.3, 0.4) is 0 Å². The van der Waals surface area contributed by atoms with Crippen LogP contribution in [0.4, 0.5) is 0 Å². The van der Waals surface area contributed by atoms with Crippen LogP contribution in [-0.4, -0.2) is 48.5 Å². The smallest absolute Gasteiger partial charge is 0.160 e. The quantitative estimate of drug-likeness (QED) is 0.853. The molecule has 3 atom stereocenters. The Bertz CT molecular complexity index is 621. The minimum absolute atomic E-state index is 0.641. The fourth-order valence-corrected chi connectivity index (χ4v) is 4.12. The first-order valence-corrected chi connectivity index (χ1v) is 9.09. The average Bonchev–Trinajstić information content (AvgIpc) is 3.32. The van der Waals surface area contributed by atoms with Gasteiger partial charge in [0.15, 0.2) is 11.5 Å². The molecule has 2 aromatic rings. The Labute approximate surface area is 150 Å². The van der Waals surface area contributed by atoms with Gasteiger partial charge in [-0.05, 0) is 63.4 Å². The van der Waals surface area contributed by atoms with Crippen LogP contribution in [0.25, 0.3) is 0 Å².